The van der Waals surface area contributed by atoms with Crippen LogP contribution in [-0.4, -0.2) is 53.3 Å². The highest BCUT2D eigenvalue weighted by Gasteiger charge is 2.14. The van der Waals surface area contributed by atoms with Crippen molar-refractivity contribution in [1.29, 1.82) is 0 Å². The van der Waals surface area contributed by atoms with Crippen molar-refractivity contribution in [3.8, 4) is 0 Å². The standard InChI is InChI=1S/C15H22N6S/c1-3-14-18-19-15(22-14)11-17-13-5-4-12(10-16-13)21-8-6-20(2)7-9-21/h4-5,10H,3,6-9,11H2,1-2H3,(H,16,17). The molecule has 0 spiro atoms. The number of piperazine rings is 1. The third kappa shape index (κ3) is 3.72. The molecular formula is C15H22N6S. The number of hydrogen-bond donors (Lipinski definition) is 1. The second kappa shape index (κ2) is 7.02. The fourth-order valence-electron chi connectivity index (χ4n) is 2.41. The van der Waals surface area contributed by atoms with Crippen LogP contribution in [-0.2, 0) is 13.0 Å². The molecule has 6 nitrogen and oxygen atoms in total. The molecule has 1 aliphatic heterocycles. The average Bonchev–Trinajstić information content (AvgIpc) is 3.02. The molecule has 1 fully saturated rings. The molecule has 0 amide bonds. The Morgan fingerprint density at radius 2 is 1.91 bits per heavy atom. The summed E-state index contributed by atoms with van der Waals surface area (Å²) >= 11 is 1.65. The van der Waals surface area contributed by atoms with Gasteiger partial charge in [-0.3, -0.25) is 0 Å². The minimum atomic E-state index is 0.679. The van der Waals surface area contributed by atoms with Crippen molar-refractivity contribution in [3.63, 3.8) is 0 Å². The Morgan fingerprint density at radius 1 is 1.14 bits per heavy atom. The van der Waals surface area contributed by atoms with Crippen LogP contribution in [0.2, 0.25) is 0 Å². The van der Waals surface area contributed by atoms with Gasteiger partial charge in [0.25, 0.3) is 0 Å². The van der Waals surface area contributed by atoms with Gasteiger partial charge in [-0.2, -0.15) is 0 Å². The summed E-state index contributed by atoms with van der Waals surface area (Å²) in [6.07, 6.45) is 2.89. The maximum atomic E-state index is 4.50. The Hall–Kier alpha value is -1.73. The van der Waals surface area contributed by atoms with E-state index in [9.17, 15) is 0 Å². The number of rotatable bonds is 5. The third-order valence-corrected chi connectivity index (χ3v) is 4.92. The highest BCUT2D eigenvalue weighted by Crippen LogP contribution is 2.18. The highest BCUT2D eigenvalue weighted by molar-refractivity contribution is 7.11. The molecule has 3 rings (SSSR count). The van der Waals surface area contributed by atoms with Crippen LogP contribution in [0.15, 0.2) is 18.3 Å². The lowest BCUT2D eigenvalue weighted by molar-refractivity contribution is 0.313. The highest BCUT2D eigenvalue weighted by atomic mass is 32.1. The molecule has 2 aromatic heterocycles. The van der Waals surface area contributed by atoms with Crippen molar-refractivity contribution in [2.75, 3.05) is 43.4 Å². The van der Waals surface area contributed by atoms with Crippen LogP contribution in [0.4, 0.5) is 11.5 Å². The Bertz CT molecular complexity index is 588. The lowest BCUT2D eigenvalue weighted by Gasteiger charge is -2.33. The fourth-order valence-corrected chi connectivity index (χ4v) is 3.14. The molecule has 0 radical (unpaired) electrons. The largest absolute Gasteiger partial charge is 0.368 e. The number of nitrogens with one attached hydrogen (secondary N) is 1. The number of pyridine rings is 1. The zero-order valence-corrected chi connectivity index (χ0v) is 13.9. The first-order valence-electron chi connectivity index (χ1n) is 7.69. The maximum absolute atomic E-state index is 4.50. The van der Waals surface area contributed by atoms with E-state index in [0.29, 0.717) is 6.54 Å². The summed E-state index contributed by atoms with van der Waals surface area (Å²) in [4.78, 5) is 9.24. The van der Waals surface area contributed by atoms with Crippen LogP contribution in [0.5, 0.6) is 0 Å². The Kier molecular flexibility index (Phi) is 4.84. The number of hydrogen-bond acceptors (Lipinski definition) is 7. The maximum Gasteiger partial charge on any atom is 0.136 e. The van der Waals surface area contributed by atoms with Gasteiger partial charge >= 0.3 is 0 Å². The first-order chi connectivity index (χ1) is 10.7. The summed E-state index contributed by atoms with van der Waals surface area (Å²) < 4.78 is 0. The van der Waals surface area contributed by atoms with Crippen molar-refractivity contribution in [2.24, 2.45) is 0 Å². The molecular weight excluding hydrogens is 296 g/mol. The van der Waals surface area contributed by atoms with Gasteiger partial charge in [0, 0.05) is 26.2 Å². The Labute approximate surface area is 135 Å². The molecule has 7 heteroatoms. The normalized spacial score (nSPS) is 16.0. The van der Waals surface area contributed by atoms with E-state index in [-0.39, 0.29) is 0 Å². The second-order valence-corrected chi connectivity index (χ2v) is 6.64. The summed E-state index contributed by atoms with van der Waals surface area (Å²) in [7, 11) is 2.17. The van der Waals surface area contributed by atoms with Gasteiger partial charge in [-0.1, -0.05) is 18.3 Å². The third-order valence-electron chi connectivity index (χ3n) is 3.85. The minimum Gasteiger partial charge on any atom is -0.368 e. The first-order valence-corrected chi connectivity index (χ1v) is 8.51. The number of likely N-dealkylation sites (N-methyl/N-ethyl adjacent to an activating group) is 1. The monoisotopic (exact) mass is 318 g/mol. The number of anilines is 2. The molecule has 0 aliphatic carbocycles. The van der Waals surface area contributed by atoms with Crippen LogP contribution in [0.1, 0.15) is 16.9 Å². The Balaban J connectivity index is 1.55. The van der Waals surface area contributed by atoms with Gasteiger partial charge in [0.1, 0.15) is 15.8 Å². The van der Waals surface area contributed by atoms with Crippen LogP contribution >= 0.6 is 11.3 Å². The van der Waals surface area contributed by atoms with Gasteiger partial charge in [-0.15, -0.1) is 10.2 Å². The molecule has 0 saturated carbocycles. The number of nitrogens with zero attached hydrogens (tertiary/aromatic N) is 5. The lowest BCUT2D eigenvalue weighted by Crippen LogP contribution is -2.44. The summed E-state index contributed by atoms with van der Waals surface area (Å²) in [5.74, 6) is 0.881. The molecule has 0 atom stereocenters. The van der Waals surface area contributed by atoms with E-state index < -0.39 is 0 Å². The number of aryl methyl sites for hydroxylation is 1. The van der Waals surface area contributed by atoms with E-state index in [1.807, 2.05) is 12.3 Å². The van der Waals surface area contributed by atoms with Crippen LogP contribution in [0.3, 0.4) is 0 Å². The van der Waals surface area contributed by atoms with Gasteiger partial charge in [-0.05, 0) is 25.6 Å². The fraction of sp³-hybridized carbons (Fsp3) is 0.533. The Morgan fingerprint density at radius 3 is 2.55 bits per heavy atom. The second-order valence-electron chi connectivity index (χ2n) is 5.49. The number of aromatic nitrogens is 3. The molecule has 0 bridgehead atoms. The summed E-state index contributed by atoms with van der Waals surface area (Å²) in [5.41, 5.74) is 1.20. The van der Waals surface area contributed by atoms with Gasteiger partial charge < -0.3 is 15.1 Å². The van der Waals surface area contributed by atoms with Crippen LogP contribution < -0.4 is 10.2 Å². The van der Waals surface area contributed by atoms with Crippen molar-refractivity contribution in [2.45, 2.75) is 19.9 Å². The van der Waals surface area contributed by atoms with E-state index in [1.54, 1.807) is 11.3 Å². The first kappa shape index (κ1) is 15.2. The SMILES string of the molecule is CCc1nnc(CNc2ccc(N3CCN(C)CC3)cn2)s1. The van der Waals surface area contributed by atoms with Crippen molar-refractivity contribution in [3.05, 3.63) is 28.3 Å². The molecule has 1 N–H and O–H groups in total. The van der Waals surface area contributed by atoms with Crippen LogP contribution in [0, 0.1) is 0 Å². The lowest BCUT2D eigenvalue weighted by atomic mass is 10.3. The van der Waals surface area contributed by atoms with Crippen LogP contribution in [0.25, 0.3) is 0 Å². The molecule has 0 aromatic carbocycles. The molecule has 0 unspecified atom stereocenters. The van der Waals surface area contributed by atoms with E-state index in [0.717, 1.165) is 48.4 Å². The van der Waals surface area contributed by atoms with E-state index >= 15 is 0 Å². The van der Waals surface area contributed by atoms with Gasteiger partial charge in [0.2, 0.25) is 0 Å². The molecule has 1 aliphatic rings. The van der Waals surface area contributed by atoms with E-state index in [4.69, 9.17) is 0 Å². The predicted octanol–water partition coefficient (Wildman–Crippen LogP) is 1.86. The zero-order valence-electron chi connectivity index (χ0n) is 13.1. The molecule has 22 heavy (non-hydrogen) atoms. The molecule has 118 valence electrons. The predicted molar refractivity (Wildman–Crippen MR) is 90.6 cm³/mol. The average molecular weight is 318 g/mol. The summed E-state index contributed by atoms with van der Waals surface area (Å²) in [6, 6.07) is 4.17. The zero-order chi connectivity index (χ0) is 15.4. The van der Waals surface area contributed by atoms with Crippen molar-refractivity contribution < 1.29 is 0 Å². The minimum absolute atomic E-state index is 0.679. The quantitative estimate of drug-likeness (QED) is 0.908. The smallest absolute Gasteiger partial charge is 0.136 e. The van der Waals surface area contributed by atoms with Gasteiger partial charge in [0.05, 0.1) is 18.4 Å². The topological polar surface area (TPSA) is 57.2 Å². The van der Waals surface area contributed by atoms with Crippen molar-refractivity contribution >= 4 is 22.8 Å². The van der Waals surface area contributed by atoms with E-state index in [2.05, 4.69) is 50.3 Å². The van der Waals surface area contributed by atoms with Gasteiger partial charge in [-0.25, -0.2) is 4.98 Å². The van der Waals surface area contributed by atoms with Crippen molar-refractivity contribution in [1.82, 2.24) is 20.1 Å². The van der Waals surface area contributed by atoms with E-state index in [1.165, 1.54) is 5.69 Å². The van der Waals surface area contributed by atoms with Gasteiger partial charge in [0.15, 0.2) is 0 Å². The molecule has 2 aromatic rings. The molecule has 3 heterocycles. The summed E-state index contributed by atoms with van der Waals surface area (Å²) in [6.45, 7) is 7.12. The summed E-state index contributed by atoms with van der Waals surface area (Å²) in [5, 5.41) is 13.7. The molecule has 1 saturated heterocycles.